The molecule has 5 heteroatoms. The molecule has 5 nitrogen and oxygen atoms in total. The Bertz CT molecular complexity index is 653. The fourth-order valence-corrected chi connectivity index (χ4v) is 2.45. The Labute approximate surface area is 123 Å². The molecule has 112 valence electrons. The van der Waals surface area contributed by atoms with Gasteiger partial charge in [-0.25, -0.2) is 4.98 Å². The van der Waals surface area contributed by atoms with Crippen molar-refractivity contribution in [3.8, 4) is 11.5 Å². The van der Waals surface area contributed by atoms with E-state index in [0.717, 1.165) is 28.1 Å². The van der Waals surface area contributed by atoms with Crippen LogP contribution in [-0.4, -0.2) is 29.0 Å². The SMILES string of the molecule is CCC(O)(CC)CNc1nccc2cc3c(cc12)OCO3. The number of anilines is 1. The monoisotopic (exact) mass is 288 g/mol. The van der Waals surface area contributed by atoms with Crippen molar-refractivity contribution in [1.82, 2.24) is 4.98 Å². The third-order valence-electron chi connectivity index (χ3n) is 4.16. The van der Waals surface area contributed by atoms with Crippen molar-refractivity contribution in [3.05, 3.63) is 24.4 Å². The number of fused-ring (bicyclic) bond motifs is 2. The van der Waals surface area contributed by atoms with Crippen LogP contribution in [0.25, 0.3) is 10.8 Å². The fourth-order valence-electron chi connectivity index (χ4n) is 2.45. The van der Waals surface area contributed by atoms with Gasteiger partial charge in [0.05, 0.1) is 5.60 Å². The quantitative estimate of drug-likeness (QED) is 0.885. The zero-order chi connectivity index (χ0) is 14.9. The Morgan fingerprint density at radius 1 is 1.24 bits per heavy atom. The lowest BCUT2D eigenvalue weighted by molar-refractivity contribution is 0.0456. The molecule has 0 amide bonds. The van der Waals surface area contributed by atoms with Gasteiger partial charge >= 0.3 is 0 Å². The highest BCUT2D eigenvalue weighted by atomic mass is 16.7. The Morgan fingerprint density at radius 3 is 2.67 bits per heavy atom. The first-order valence-electron chi connectivity index (χ1n) is 7.30. The highest BCUT2D eigenvalue weighted by Crippen LogP contribution is 2.37. The Morgan fingerprint density at radius 2 is 1.95 bits per heavy atom. The molecule has 0 saturated heterocycles. The second-order valence-corrected chi connectivity index (χ2v) is 5.37. The van der Waals surface area contributed by atoms with E-state index in [2.05, 4.69) is 10.3 Å². The highest BCUT2D eigenvalue weighted by molar-refractivity contribution is 5.94. The minimum absolute atomic E-state index is 0.257. The van der Waals surface area contributed by atoms with E-state index in [1.165, 1.54) is 0 Å². The number of hydrogen-bond donors (Lipinski definition) is 2. The third-order valence-corrected chi connectivity index (χ3v) is 4.16. The first-order valence-corrected chi connectivity index (χ1v) is 7.30. The van der Waals surface area contributed by atoms with Gasteiger partial charge < -0.3 is 19.9 Å². The number of pyridine rings is 1. The summed E-state index contributed by atoms with van der Waals surface area (Å²) in [7, 11) is 0. The van der Waals surface area contributed by atoms with Gasteiger partial charge in [-0.15, -0.1) is 0 Å². The summed E-state index contributed by atoms with van der Waals surface area (Å²) in [5.74, 6) is 2.25. The van der Waals surface area contributed by atoms with Gasteiger partial charge in [0.2, 0.25) is 6.79 Å². The lowest BCUT2D eigenvalue weighted by Gasteiger charge is -2.26. The number of ether oxygens (including phenoxy) is 2. The largest absolute Gasteiger partial charge is 0.454 e. The van der Waals surface area contributed by atoms with E-state index >= 15 is 0 Å². The van der Waals surface area contributed by atoms with Gasteiger partial charge in [-0.2, -0.15) is 0 Å². The van der Waals surface area contributed by atoms with Crippen LogP contribution in [0.3, 0.4) is 0 Å². The Hall–Kier alpha value is -2.01. The normalized spacial score (nSPS) is 13.7. The summed E-state index contributed by atoms with van der Waals surface area (Å²) >= 11 is 0. The predicted molar refractivity (Wildman–Crippen MR) is 81.9 cm³/mol. The van der Waals surface area contributed by atoms with Crippen LogP contribution in [-0.2, 0) is 0 Å². The minimum atomic E-state index is -0.708. The van der Waals surface area contributed by atoms with Crippen LogP contribution >= 0.6 is 0 Å². The number of nitrogens with one attached hydrogen (secondary N) is 1. The van der Waals surface area contributed by atoms with Crippen LogP contribution in [0.15, 0.2) is 24.4 Å². The summed E-state index contributed by atoms with van der Waals surface area (Å²) in [6.07, 6.45) is 3.16. The van der Waals surface area contributed by atoms with Gasteiger partial charge in [0, 0.05) is 18.1 Å². The number of aliphatic hydroxyl groups is 1. The number of hydrogen-bond acceptors (Lipinski definition) is 5. The van der Waals surface area contributed by atoms with E-state index in [9.17, 15) is 5.11 Å². The molecule has 2 aromatic rings. The lowest BCUT2D eigenvalue weighted by atomic mass is 9.97. The topological polar surface area (TPSA) is 63.6 Å². The molecule has 0 saturated carbocycles. The van der Waals surface area contributed by atoms with Crippen LogP contribution in [0, 0.1) is 0 Å². The summed E-state index contributed by atoms with van der Waals surface area (Å²) in [5.41, 5.74) is -0.708. The van der Waals surface area contributed by atoms with Crippen molar-refractivity contribution in [2.75, 3.05) is 18.7 Å². The second kappa shape index (κ2) is 5.41. The number of benzene rings is 1. The van der Waals surface area contributed by atoms with Gasteiger partial charge in [0.15, 0.2) is 11.5 Å². The van der Waals surface area contributed by atoms with Gasteiger partial charge in [0.1, 0.15) is 5.82 Å². The van der Waals surface area contributed by atoms with E-state index in [1.54, 1.807) is 6.20 Å². The van der Waals surface area contributed by atoms with Crippen LogP contribution in [0.1, 0.15) is 26.7 Å². The molecule has 3 rings (SSSR count). The fraction of sp³-hybridized carbons (Fsp3) is 0.438. The first-order chi connectivity index (χ1) is 10.1. The smallest absolute Gasteiger partial charge is 0.231 e. The van der Waals surface area contributed by atoms with E-state index in [1.807, 2.05) is 32.0 Å². The number of nitrogens with zero attached hydrogens (tertiary/aromatic N) is 1. The van der Waals surface area contributed by atoms with Gasteiger partial charge in [-0.3, -0.25) is 0 Å². The first kappa shape index (κ1) is 13.9. The van der Waals surface area contributed by atoms with Crippen molar-refractivity contribution in [3.63, 3.8) is 0 Å². The van der Waals surface area contributed by atoms with Gasteiger partial charge in [-0.1, -0.05) is 13.8 Å². The Kier molecular flexibility index (Phi) is 3.59. The summed E-state index contributed by atoms with van der Waals surface area (Å²) in [5, 5.41) is 15.7. The zero-order valence-electron chi connectivity index (χ0n) is 12.3. The molecular formula is C16H20N2O3. The van der Waals surface area contributed by atoms with Crippen molar-refractivity contribution < 1.29 is 14.6 Å². The summed E-state index contributed by atoms with van der Waals surface area (Å²) in [4.78, 5) is 4.39. The molecule has 1 aliphatic heterocycles. The van der Waals surface area contributed by atoms with Crippen molar-refractivity contribution in [2.45, 2.75) is 32.3 Å². The average Bonchev–Trinajstić information content (AvgIpc) is 2.97. The molecule has 0 bridgehead atoms. The second-order valence-electron chi connectivity index (χ2n) is 5.37. The number of aromatic nitrogens is 1. The maximum atomic E-state index is 10.4. The molecule has 0 fully saturated rings. The standard InChI is InChI=1S/C16H20N2O3/c1-3-16(19,4-2)9-18-15-12-8-14-13(20-10-21-14)7-11(12)5-6-17-15/h5-8,19H,3-4,9-10H2,1-2H3,(H,17,18). The van der Waals surface area contributed by atoms with Crippen molar-refractivity contribution in [1.29, 1.82) is 0 Å². The molecule has 2 heterocycles. The Balaban J connectivity index is 1.92. The highest BCUT2D eigenvalue weighted by Gasteiger charge is 2.22. The molecule has 0 radical (unpaired) electrons. The average molecular weight is 288 g/mol. The van der Waals surface area contributed by atoms with E-state index < -0.39 is 5.60 Å². The zero-order valence-corrected chi connectivity index (χ0v) is 12.3. The molecule has 0 spiro atoms. The molecular weight excluding hydrogens is 268 g/mol. The van der Waals surface area contributed by atoms with Crippen molar-refractivity contribution in [2.24, 2.45) is 0 Å². The molecule has 1 aromatic carbocycles. The van der Waals surface area contributed by atoms with Crippen LogP contribution < -0.4 is 14.8 Å². The number of rotatable bonds is 5. The summed E-state index contributed by atoms with van der Waals surface area (Å²) < 4.78 is 10.8. The van der Waals surface area contributed by atoms with E-state index in [4.69, 9.17) is 9.47 Å². The minimum Gasteiger partial charge on any atom is -0.454 e. The maximum Gasteiger partial charge on any atom is 0.231 e. The summed E-state index contributed by atoms with van der Waals surface area (Å²) in [6.45, 7) is 4.70. The molecule has 0 aliphatic carbocycles. The van der Waals surface area contributed by atoms with Crippen LogP contribution in [0.4, 0.5) is 5.82 Å². The van der Waals surface area contributed by atoms with Crippen LogP contribution in [0.2, 0.25) is 0 Å². The van der Waals surface area contributed by atoms with E-state index in [-0.39, 0.29) is 6.79 Å². The molecule has 1 aliphatic rings. The third kappa shape index (κ3) is 2.61. The van der Waals surface area contributed by atoms with Crippen LogP contribution in [0.5, 0.6) is 11.5 Å². The van der Waals surface area contributed by atoms with Gasteiger partial charge in [0.25, 0.3) is 0 Å². The molecule has 0 unspecified atom stereocenters. The molecule has 2 N–H and O–H groups in total. The van der Waals surface area contributed by atoms with Crippen molar-refractivity contribution >= 4 is 16.6 Å². The molecule has 0 atom stereocenters. The predicted octanol–water partition coefficient (Wildman–Crippen LogP) is 2.93. The molecule has 1 aromatic heterocycles. The summed E-state index contributed by atoms with van der Waals surface area (Å²) in [6, 6.07) is 5.83. The van der Waals surface area contributed by atoms with E-state index in [0.29, 0.717) is 19.4 Å². The molecule has 21 heavy (non-hydrogen) atoms. The maximum absolute atomic E-state index is 10.4. The van der Waals surface area contributed by atoms with Gasteiger partial charge in [-0.05, 0) is 36.4 Å². The lowest BCUT2D eigenvalue weighted by Crippen LogP contribution is -2.35.